The number of hydrogen-bond acceptors (Lipinski definition) is 21. The molecule has 0 fully saturated rings. The third-order valence-corrected chi connectivity index (χ3v) is 13.0. The summed E-state index contributed by atoms with van der Waals surface area (Å²) in [5.41, 5.74) is 1.00. The Hall–Kier alpha value is -6.66. The lowest BCUT2D eigenvalue weighted by atomic mass is 10.1. The number of nitrogens with two attached hydrogens (primary N) is 1. The van der Waals surface area contributed by atoms with Crippen molar-refractivity contribution in [3.8, 4) is 5.75 Å². The SMILES string of the molecule is Nc1c(N=Nc2cc(N=Nc3ccc(Nc4nc(F)nc(F)c4Cl)cc3)ccc2S(=O)(=O)O)c(S(=O)(=O)O)cc2cc(S(=O)(=O)O)c(N=Nc3cc(S(=O)(=O)O)ccc3S(=O)(=O)O)c(O)c12. The van der Waals surface area contributed by atoms with Gasteiger partial charge < -0.3 is 16.2 Å². The molecule has 0 saturated carbocycles. The van der Waals surface area contributed by atoms with Crippen LogP contribution in [0.3, 0.4) is 0 Å². The standard InChI is InChI=1S/C32H21ClF2N10O16S5/c33-25-30(34)38-32(35)39-31(25)37-14-1-3-15(4-2-14)40-41-16-5-7-20(63(50,51)52)18(11-16)42-44-27-22(65(56,57)58)9-13-10-23(66(59,60)61)28(29(46)24(13)26(27)36)45-43-19-12-17(62(47,48)49)6-8-21(19)64(53,54)55/h1-12,46H,36H2,(H,37,38,39)(H,47,48,49)(H,50,51,52)(H,53,54,55)(H,56,57,58)(H,59,60,61). The van der Waals surface area contributed by atoms with E-state index in [1.165, 1.54) is 24.3 Å². The Balaban J connectivity index is 1.46. The van der Waals surface area contributed by atoms with Crippen molar-refractivity contribution in [3.63, 3.8) is 0 Å². The third kappa shape index (κ3) is 10.7. The lowest BCUT2D eigenvalue weighted by Crippen LogP contribution is -2.04. The molecule has 26 nitrogen and oxygen atoms in total. The van der Waals surface area contributed by atoms with Gasteiger partial charge in [-0.1, -0.05) is 11.6 Å². The number of fused-ring (bicyclic) bond motifs is 1. The van der Waals surface area contributed by atoms with Crippen LogP contribution in [0.25, 0.3) is 10.8 Å². The van der Waals surface area contributed by atoms with Gasteiger partial charge in [0.1, 0.15) is 47.4 Å². The monoisotopic (exact) mass is 1030 g/mol. The number of anilines is 3. The fraction of sp³-hybridized carbons (Fsp3) is 0. The first kappa shape index (κ1) is 48.8. The predicted octanol–water partition coefficient (Wildman–Crippen LogP) is 7.07. The Morgan fingerprint density at radius 1 is 0.561 bits per heavy atom. The number of phenols is 1. The Morgan fingerprint density at radius 2 is 1.05 bits per heavy atom. The van der Waals surface area contributed by atoms with E-state index in [1.807, 2.05) is 0 Å². The van der Waals surface area contributed by atoms with Crippen molar-refractivity contribution < 1.29 is 78.7 Å². The lowest BCUT2D eigenvalue weighted by Gasteiger charge is -2.14. The van der Waals surface area contributed by atoms with Gasteiger partial charge in [-0.3, -0.25) is 22.8 Å². The molecule has 66 heavy (non-hydrogen) atoms. The fourth-order valence-corrected chi connectivity index (χ4v) is 8.64. The van der Waals surface area contributed by atoms with Gasteiger partial charge in [-0.2, -0.15) is 71.1 Å². The van der Waals surface area contributed by atoms with Gasteiger partial charge in [-0.25, -0.2) is 0 Å². The molecule has 5 aromatic carbocycles. The highest BCUT2D eigenvalue weighted by Crippen LogP contribution is 2.49. The third-order valence-electron chi connectivity index (χ3n) is 8.31. The van der Waals surface area contributed by atoms with Crippen LogP contribution in [-0.2, 0) is 50.6 Å². The number of nitrogens with zero attached hydrogens (tertiary/aromatic N) is 8. The van der Waals surface area contributed by atoms with Crippen LogP contribution in [0.15, 0.2) is 128 Å². The molecule has 346 valence electrons. The van der Waals surface area contributed by atoms with Gasteiger partial charge in [0.05, 0.1) is 27.3 Å². The van der Waals surface area contributed by atoms with Crippen molar-refractivity contribution in [2.45, 2.75) is 24.5 Å². The normalized spacial score (nSPS) is 13.1. The molecule has 0 saturated heterocycles. The molecule has 1 heterocycles. The fourth-order valence-electron chi connectivity index (χ4n) is 5.47. The summed E-state index contributed by atoms with van der Waals surface area (Å²) in [7, 11) is -26.5. The first-order valence-corrected chi connectivity index (χ1v) is 24.3. The summed E-state index contributed by atoms with van der Waals surface area (Å²) in [4.78, 5) is 0.356. The molecule has 0 spiro atoms. The van der Waals surface area contributed by atoms with Gasteiger partial charge >= 0.3 is 6.08 Å². The summed E-state index contributed by atoms with van der Waals surface area (Å²) in [5, 5.41) is 33.7. The molecule has 1 aromatic heterocycles. The summed E-state index contributed by atoms with van der Waals surface area (Å²) in [6.45, 7) is 0. The van der Waals surface area contributed by atoms with Crippen LogP contribution in [0.4, 0.5) is 60.1 Å². The number of nitrogens with one attached hydrogen (secondary N) is 1. The number of halogens is 3. The van der Waals surface area contributed by atoms with Gasteiger partial charge in [-0.05, 0) is 78.2 Å². The average Bonchev–Trinajstić information content (AvgIpc) is 3.19. The predicted molar refractivity (Wildman–Crippen MR) is 221 cm³/mol. The van der Waals surface area contributed by atoms with E-state index >= 15 is 0 Å². The maximum absolute atomic E-state index is 13.7. The first-order chi connectivity index (χ1) is 30.4. The zero-order valence-corrected chi connectivity index (χ0v) is 36.4. The minimum Gasteiger partial charge on any atom is -0.505 e. The van der Waals surface area contributed by atoms with E-state index in [0.29, 0.717) is 30.3 Å². The van der Waals surface area contributed by atoms with Crippen molar-refractivity contribution in [2.75, 3.05) is 11.1 Å². The number of benzene rings is 5. The van der Waals surface area contributed by atoms with E-state index in [0.717, 1.165) is 18.2 Å². The number of aromatic hydroxyl groups is 1. The van der Waals surface area contributed by atoms with E-state index in [2.05, 4.69) is 46.0 Å². The summed E-state index contributed by atoms with van der Waals surface area (Å²) < 4.78 is 199. The molecule has 0 unspecified atom stereocenters. The van der Waals surface area contributed by atoms with Crippen LogP contribution in [0.5, 0.6) is 5.75 Å². The van der Waals surface area contributed by atoms with Crippen molar-refractivity contribution in [2.24, 2.45) is 30.7 Å². The van der Waals surface area contributed by atoms with Gasteiger partial charge in [0.25, 0.3) is 50.6 Å². The number of phenolic OH excluding ortho intramolecular Hbond substituents is 1. The number of hydrogen-bond donors (Lipinski definition) is 8. The second-order valence-electron chi connectivity index (χ2n) is 12.7. The Bertz CT molecular complexity index is 3720. The number of azo groups is 3. The summed E-state index contributed by atoms with van der Waals surface area (Å²) >= 11 is 5.76. The van der Waals surface area contributed by atoms with Gasteiger partial charge in [0, 0.05) is 5.69 Å². The Kier molecular flexibility index (Phi) is 13.0. The largest absolute Gasteiger partial charge is 0.505 e. The molecule has 9 N–H and O–H groups in total. The minimum atomic E-state index is -5.55. The molecule has 0 atom stereocenters. The summed E-state index contributed by atoms with van der Waals surface area (Å²) in [5.74, 6) is -3.13. The Labute approximate surface area is 373 Å². The van der Waals surface area contributed by atoms with Crippen molar-refractivity contribution in [1.29, 1.82) is 0 Å². The maximum Gasteiger partial charge on any atom is 0.313 e. The van der Waals surface area contributed by atoms with Crippen LogP contribution < -0.4 is 11.1 Å². The second-order valence-corrected chi connectivity index (χ2v) is 20.0. The number of rotatable bonds is 13. The molecule has 6 aromatic rings. The lowest BCUT2D eigenvalue weighted by molar-refractivity contribution is 0.472. The Morgan fingerprint density at radius 3 is 1.59 bits per heavy atom. The van der Waals surface area contributed by atoms with E-state index in [9.17, 15) is 78.7 Å². The van der Waals surface area contributed by atoms with Crippen LogP contribution in [0.1, 0.15) is 0 Å². The molecule has 0 aliphatic carbocycles. The minimum absolute atomic E-state index is 0.122. The molecule has 6 rings (SSSR count). The highest BCUT2D eigenvalue weighted by Gasteiger charge is 2.29. The van der Waals surface area contributed by atoms with Crippen LogP contribution >= 0.6 is 11.6 Å². The summed E-state index contributed by atoms with van der Waals surface area (Å²) in [6, 6.07) is 10.3. The van der Waals surface area contributed by atoms with E-state index in [-0.39, 0.29) is 17.1 Å². The molecule has 0 amide bonds. The van der Waals surface area contributed by atoms with E-state index < -0.39 is 143 Å². The van der Waals surface area contributed by atoms with Crippen molar-refractivity contribution in [3.05, 3.63) is 89.8 Å². The summed E-state index contributed by atoms with van der Waals surface area (Å²) in [6.07, 6.45) is -1.40. The average molecular weight is 1040 g/mol. The molecule has 0 aliphatic heterocycles. The smallest absolute Gasteiger partial charge is 0.313 e. The van der Waals surface area contributed by atoms with Crippen LogP contribution in [0, 0.1) is 12.0 Å². The second kappa shape index (κ2) is 17.6. The number of nitrogen functional groups attached to an aromatic ring is 1. The molecular formula is C32H21ClF2N10O16S5. The van der Waals surface area contributed by atoms with Gasteiger partial charge in [-0.15, -0.1) is 20.5 Å². The molecule has 34 heteroatoms. The number of aromatic nitrogens is 2. The maximum atomic E-state index is 13.7. The quantitative estimate of drug-likeness (QED) is 0.0188. The molecular weight excluding hydrogens is 1010 g/mol. The zero-order chi connectivity index (χ0) is 48.9. The van der Waals surface area contributed by atoms with Gasteiger partial charge in [0.2, 0.25) is 5.95 Å². The molecule has 0 radical (unpaired) electrons. The highest BCUT2D eigenvalue weighted by atomic mass is 35.5. The topological polar surface area (TPSA) is 430 Å². The van der Waals surface area contributed by atoms with Crippen LogP contribution in [0.2, 0.25) is 5.02 Å². The van der Waals surface area contributed by atoms with Crippen molar-refractivity contribution in [1.82, 2.24) is 9.97 Å². The van der Waals surface area contributed by atoms with Gasteiger partial charge in [0.15, 0.2) is 11.6 Å². The molecule has 0 aliphatic rings. The van der Waals surface area contributed by atoms with Crippen molar-refractivity contribution >= 4 is 124 Å². The van der Waals surface area contributed by atoms with E-state index in [1.54, 1.807) is 0 Å². The first-order valence-electron chi connectivity index (χ1n) is 16.7. The highest BCUT2D eigenvalue weighted by molar-refractivity contribution is 7.87. The zero-order valence-electron chi connectivity index (χ0n) is 31.5. The van der Waals surface area contributed by atoms with Crippen LogP contribution in [-0.4, -0.2) is 79.9 Å². The van der Waals surface area contributed by atoms with E-state index in [4.69, 9.17) is 17.3 Å². The molecule has 0 bridgehead atoms.